The largest absolute Gasteiger partial charge is 0.485 e. The van der Waals surface area contributed by atoms with Gasteiger partial charge in [0.15, 0.2) is 5.75 Å². The van der Waals surface area contributed by atoms with Gasteiger partial charge in [-0.2, -0.15) is 8.42 Å². The quantitative estimate of drug-likeness (QED) is 0.775. The van der Waals surface area contributed by atoms with E-state index in [0.717, 1.165) is 5.56 Å². The first-order valence-electron chi connectivity index (χ1n) is 3.76. The highest BCUT2D eigenvalue weighted by molar-refractivity contribution is 8.10. The number of ether oxygens (including phenoxy) is 1. The maximum Gasteiger partial charge on any atom is 0.401 e. The van der Waals surface area contributed by atoms with Gasteiger partial charge in [0.2, 0.25) is 5.06 Å². The molecule has 0 radical (unpaired) electrons. The normalized spacial score (nSPS) is 11.4. The summed E-state index contributed by atoms with van der Waals surface area (Å²) in [4.78, 5) is 0. The van der Waals surface area contributed by atoms with E-state index in [1.54, 1.807) is 5.38 Å². The molecule has 7 heteroatoms. The summed E-state index contributed by atoms with van der Waals surface area (Å²) < 4.78 is 31.0. The standard InChI is InChI=1S/C7H9ClO4S2/c1-3-5-4-13-7(11-2)6(5)12-14(8,9)10/h4H,3H2,1-2H3. The van der Waals surface area contributed by atoms with Crippen molar-refractivity contribution in [2.24, 2.45) is 0 Å². The minimum atomic E-state index is -4.01. The lowest BCUT2D eigenvalue weighted by Gasteiger charge is -2.03. The Balaban J connectivity index is 3.09. The van der Waals surface area contributed by atoms with E-state index in [1.807, 2.05) is 6.92 Å². The van der Waals surface area contributed by atoms with Gasteiger partial charge in [0.25, 0.3) is 0 Å². The molecular weight excluding hydrogens is 248 g/mol. The Morgan fingerprint density at radius 1 is 1.57 bits per heavy atom. The third-order valence-electron chi connectivity index (χ3n) is 1.53. The number of halogens is 1. The van der Waals surface area contributed by atoms with Crippen molar-refractivity contribution < 1.29 is 17.3 Å². The van der Waals surface area contributed by atoms with Gasteiger partial charge in [0, 0.05) is 10.9 Å². The Morgan fingerprint density at radius 2 is 2.21 bits per heavy atom. The first kappa shape index (κ1) is 11.6. The summed E-state index contributed by atoms with van der Waals surface area (Å²) in [6.07, 6.45) is 0.654. The van der Waals surface area contributed by atoms with Crippen LogP contribution in [0.15, 0.2) is 5.38 Å². The zero-order valence-corrected chi connectivity index (χ0v) is 10.0. The predicted molar refractivity (Wildman–Crippen MR) is 55.6 cm³/mol. The summed E-state index contributed by atoms with van der Waals surface area (Å²) >= 11 is 1.27. The molecule has 1 rings (SSSR count). The highest BCUT2D eigenvalue weighted by atomic mass is 35.7. The molecule has 0 atom stereocenters. The van der Waals surface area contributed by atoms with Crippen LogP contribution in [0.1, 0.15) is 12.5 Å². The molecule has 1 heterocycles. The highest BCUT2D eigenvalue weighted by Gasteiger charge is 2.18. The van der Waals surface area contributed by atoms with Crippen LogP contribution in [0.4, 0.5) is 0 Å². The van der Waals surface area contributed by atoms with E-state index in [4.69, 9.17) is 15.4 Å². The molecule has 0 spiro atoms. The molecule has 4 nitrogen and oxygen atoms in total. The van der Waals surface area contributed by atoms with Crippen molar-refractivity contribution in [2.45, 2.75) is 13.3 Å². The van der Waals surface area contributed by atoms with Gasteiger partial charge in [0.05, 0.1) is 17.8 Å². The third-order valence-corrected chi connectivity index (χ3v) is 3.06. The van der Waals surface area contributed by atoms with Crippen LogP contribution in [0.25, 0.3) is 0 Å². The molecule has 0 bridgehead atoms. The molecule has 0 amide bonds. The molecule has 0 aromatic carbocycles. The molecule has 80 valence electrons. The lowest BCUT2D eigenvalue weighted by Crippen LogP contribution is -2.01. The maximum atomic E-state index is 10.7. The lowest BCUT2D eigenvalue weighted by atomic mass is 10.2. The van der Waals surface area contributed by atoms with E-state index in [9.17, 15) is 8.42 Å². The second kappa shape index (κ2) is 4.37. The van der Waals surface area contributed by atoms with Crippen LogP contribution in [-0.2, 0) is 15.8 Å². The van der Waals surface area contributed by atoms with Crippen LogP contribution < -0.4 is 8.92 Å². The highest BCUT2D eigenvalue weighted by Crippen LogP contribution is 2.39. The van der Waals surface area contributed by atoms with Gasteiger partial charge >= 0.3 is 9.33 Å². The van der Waals surface area contributed by atoms with Crippen LogP contribution in [0.2, 0.25) is 0 Å². The summed E-state index contributed by atoms with van der Waals surface area (Å²) in [7, 11) is 2.41. The number of methoxy groups -OCH3 is 1. The van der Waals surface area contributed by atoms with Crippen molar-refractivity contribution in [3.8, 4) is 10.8 Å². The van der Waals surface area contributed by atoms with E-state index in [-0.39, 0.29) is 5.75 Å². The second-order valence-corrected chi connectivity index (χ2v) is 5.34. The molecule has 1 aromatic rings. The van der Waals surface area contributed by atoms with Crippen molar-refractivity contribution in [3.05, 3.63) is 10.9 Å². The molecule has 0 saturated heterocycles. The number of thiophene rings is 1. The molecule has 0 aliphatic rings. The van der Waals surface area contributed by atoms with E-state index in [2.05, 4.69) is 4.18 Å². The van der Waals surface area contributed by atoms with Crippen molar-refractivity contribution in [1.82, 2.24) is 0 Å². The average Bonchev–Trinajstić information content (AvgIpc) is 2.44. The Morgan fingerprint density at radius 3 is 2.64 bits per heavy atom. The summed E-state index contributed by atoms with van der Waals surface area (Å²) in [5, 5.41) is 2.18. The van der Waals surface area contributed by atoms with Crippen molar-refractivity contribution >= 4 is 31.4 Å². The fraction of sp³-hybridized carbons (Fsp3) is 0.429. The molecule has 0 saturated carbocycles. The summed E-state index contributed by atoms with van der Waals surface area (Å²) in [6.45, 7) is 1.88. The smallest absolute Gasteiger partial charge is 0.401 e. The Kier molecular flexibility index (Phi) is 3.63. The van der Waals surface area contributed by atoms with E-state index < -0.39 is 9.33 Å². The number of rotatable bonds is 4. The van der Waals surface area contributed by atoms with Gasteiger partial charge in [0.1, 0.15) is 0 Å². The monoisotopic (exact) mass is 256 g/mol. The zero-order valence-electron chi connectivity index (χ0n) is 7.61. The van der Waals surface area contributed by atoms with E-state index in [0.29, 0.717) is 11.5 Å². The maximum absolute atomic E-state index is 10.7. The molecule has 0 aliphatic heterocycles. The molecule has 0 unspecified atom stereocenters. The van der Waals surface area contributed by atoms with Crippen LogP contribution in [0.5, 0.6) is 10.8 Å². The summed E-state index contributed by atoms with van der Waals surface area (Å²) in [6, 6.07) is 0. The molecular formula is C7H9ClO4S2. The van der Waals surface area contributed by atoms with Crippen LogP contribution >= 0.6 is 22.0 Å². The second-order valence-electron chi connectivity index (χ2n) is 2.41. The van der Waals surface area contributed by atoms with Gasteiger partial charge in [-0.05, 0) is 6.42 Å². The third kappa shape index (κ3) is 2.76. The molecule has 1 aromatic heterocycles. The van der Waals surface area contributed by atoms with Crippen molar-refractivity contribution in [2.75, 3.05) is 7.11 Å². The summed E-state index contributed by atoms with van der Waals surface area (Å²) in [5.74, 6) is 0.190. The van der Waals surface area contributed by atoms with Crippen LogP contribution in [0.3, 0.4) is 0 Å². The minimum Gasteiger partial charge on any atom is -0.485 e. The van der Waals surface area contributed by atoms with E-state index >= 15 is 0 Å². The first-order chi connectivity index (χ1) is 6.48. The van der Waals surface area contributed by atoms with Crippen LogP contribution in [0, 0.1) is 0 Å². The topological polar surface area (TPSA) is 52.6 Å². The number of hydrogen-bond donors (Lipinski definition) is 0. The molecule has 0 N–H and O–H groups in total. The lowest BCUT2D eigenvalue weighted by molar-refractivity contribution is 0.404. The number of hydrogen-bond acceptors (Lipinski definition) is 5. The van der Waals surface area contributed by atoms with Gasteiger partial charge in [-0.25, -0.2) is 0 Å². The molecule has 0 fully saturated rings. The first-order valence-corrected chi connectivity index (χ1v) is 6.87. The van der Waals surface area contributed by atoms with Gasteiger partial charge in [-0.15, -0.1) is 11.3 Å². The fourth-order valence-corrected chi connectivity index (χ4v) is 2.46. The van der Waals surface area contributed by atoms with Gasteiger partial charge < -0.3 is 8.92 Å². The Labute approximate surface area is 91.0 Å². The number of aryl methyl sites for hydroxylation is 1. The van der Waals surface area contributed by atoms with Crippen molar-refractivity contribution in [3.63, 3.8) is 0 Å². The van der Waals surface area contributed by atoms with Crippen LogP contribution in [-0.4, -0.2) is 15.5 Å². The predicted octanol–water partition coefficient (Wildman–Crippen LogP) is 2.18. The fourth-order valence-electron chi connectivity index (χ4n) is 0.935. The van der Waals surface area contributed by atoms with E-state index in [1.165, 1.54) is 18.4 Å². The minimum absolute atomic E-state index is 0.190. The Hall–Kier alpha value is -0.460. The van der Waals surface area contributed by atoms with Crippen molar-refractivity contribution in [1.29, 1.82) is 0 Å². The Bertz CT molecular complexity index is 388. The molecule has 0 aliphatic carbocycles. The summed E-state index contributed by atoms with van der Waals surface area (Å²) in [5.41, 5.74) is 0.760. The average molecular weight is 257 g/mol. The van der Waals surface area contributed by atoms with Gasteiger partial charge in [-0.3, -0.25) is 0 Å². The zero-order chi connectivity index (χ0) is 10.8. The SMILES string of the molecule is CCc1csc(OC)c1OS(=O)(=O)Cl. The van der Waals surface area contributed by atoms with Gasteiger partial charge in [-0.1, -0.05) is 6.92 Å². The molecule has 14 heavy (non-hydrogen) atoms.